The Hall–Kier alpha value is -2.61. The molecule has 0 aliphatic rings. The molecule has 2 N–H and O–H groups in total. The number of nitro benzene ring substituents is 1. The van der Waals surface area contributed by atoms with Crippen LogP contribution in [-0.2, 0) is 0 Å². The molecule has 22 heavy (non-hydrogen) atoms. The van der Waals surface area contributed by atoms with Gasteiger partial charge in [-0.1, -0.05) is 15.9 Å². The maximum atomic E-state index is 10.6. The summed E-state index contributed by atoms with van der Waals surface area (Å²) in [5, 5.41) is 24.5. The number of nitro groups is 1. The van der Waals surface area contributed by atoms with Crippen LogP contribution < -0.4 is 10.2 Å². The molecule has 2 aromatic carbocycles. The van der Waals surface area contributed by atoms with E-state index >= 15 is 0 Å². The number of ether oxygens (including phenoxy) is 1. The van der Waals surface area contributed by atoms with Crippen LogP contribution in [0.25, 0.3) is 0 Å². The monoisotopic (exact) mass is 365 g/mol. The fourth-order valence-electron chi connectivity index (χ4n) is 1.68. The highest BCUT2D eigenvalue weighted by Gasteiger charge is 2.08. The van der Waals surface area contributed by atoms with E-state index in [1.165, 1.54) is 37.6 Å². The number of nitrogens with zero attached hydrogens (tertiary/aromatic N) is 2. The first-order valence-electron chi connectivity index (χ1n) is 6.11. The number of anilines is 1. The van der Waals surface area contributed by atoms with Gasteiger partial charge in [-0.2, -0.15) is 5.10 Å². The Bertz CT molecular complexity index is 717. The minimum Gasteiger partial charge on any atom is -0.504 e. The second-order valence-corrected chi connectivity index (χ2v) is 5.14. The van der Waals surface area contributed by atoms with E-state index in [1.807, 2.05) is 0 Å². The summed E-state index contributed by atoms with van der Waals surface area (Å²) in [5.74, 6) is 0.297. The molecule has 0 aliphatic heterocycles. The first-order chi connectivity index (χ1) is 10.5. The average Bonchev–Trinajstić information content (AvgIpc) is 2.50. The molecule has 0 atom stereocenters. The lowest BCUT2D eigenvalue weighted by atomic mass is 10.2. The number of nitrogens with one attached hydrogen (secondary N) is 1. The van der Waals surface area contributed by atoms with Crippen molar-refractivity contribution in [3.63, 3.8) is 0 Å². The topological polar surface area (TPSA) is 97.0 Å². The number of aromatic hydroxyl groups is 1. The summed E-state index contributed by atoms with van der Waals surface area (Å²) in [4.78, 5) is 10.1. The summed E-state index contributed by atoms with van der Waals surface area (Å²) in [6.07, 6.45) is 1.42. The Labute approximate surface area is 134 Å². The van der Waals surface area contributed by atoms with Crippen molar-refractivity contribution in [1.29, 1.82) is 0 Å². The second-order valence-electron chi connectivity index (χ2n) is 4.22. The number of phenolic OH excluding ortho intramolecular Hbond substituents is 1. The Kier molecular flexibility index (Phi) is 4.95. The van der Waals surface area contributed by atoms with Gasteiger partial charge in [0.1, 0.15) is 0 Å². The number of hydrogen-bond donors (Lipinski definition) is 2. The molecule has 8 heteroatoms. The third-order valence-corrected chi connectivity index (χ3v) is 3.22. The van der Waals surface area contributed by atoms with E-state index in [4.69, 9.17) is 4.74 Å². The van der Waals surface area contributed by atoms with Gasteiger partial charge in [-0.15, -0.1) is 0 Å². The van der Waals surface area contributed by atoms with Gasteiger partial charge in [0.05, 0.1) is 23.9 Å². The van der Waals surface area contributed by atoms with E-state index < -0.39 is 4.92 Å². The van der Waals surface area contributed by atoms with Gasteiger partial charge < -0.3 is 9.84 Å². The summed E-state index contributed by atoms with van der Waals surface area (Å²) in [5.41, 5.74) is 3.77. The van der Waals surface area contributed by atoms with Gasteiger partial charge in [-0.3, -0.25) is 15.5 Å². The van der Waals surface area contributed by atoms with E-state index in [1.54, 1.807) is 12.1 Å². The van der Waals surface area contributed by atoms with Gasteiger partial charge in [-0.25, -0.2) is 0 Å². The fraction of sp³-hybridized carbons (Fsp3) is 0.0714. The van der Waals surface area contributed by atoms with Crippen molar-refractivity contribution in [2.24, 2.45) is 5.10 Å². The number of methoxy groups -OCH3 is 1. The van der Waals surface area contributed by atoms with Crippen molar-refractivity contribution in [2.45, 2.75) is 0 Å². The van der Waals surface area contributed by atoms with Crippen molar-refractivity contribution < 1.29 is 14.8 Å². The molecule has 0 fully saturated rings. The van der Waals surface area contributed by atoms with Gasteiger partial charge in [0.2, 0.25) is 0 Å². The van der Waals surface area contributed by atoms with Crippen molar-refractivity contribution >= 4 is 33.5 Å². The zero-order chi connectivity index (χ0) is 16.1. The Morgan fingerprint density at radius 3 is 2.64 bits per heavy atom. The Morgan fingerprint density at radius 1 is 1.36 bits per heavy atom. The maximum Gasteiger partial charge on any atom is 0.269 e. The summed E-state index contributed by atoms with van der Waals surface area (Å²) in [7, 11) is 1.46. The highest BCUT2D eigenvalue weighted by Crippen LogP contribution is 2.32. The quantitative estimate of drug-likeness (QED) is 0.480. The Balaban J connectivity index is 2.12. The van der Waals surface area contributed by atoms with Gasteiger partial charge in [0, 0.05) is 22.2 Å². The summed E-state index contributed by atoms with van der Waals surface area (Å²) in [6.45, 7) is 0. The lowest BCUT2D eigenvalue weighted by molar-refractivity contribution is -0.384. The van der Waals surface area contributed by atoms with E-state index in [0.29, 0.717) is 17.0 Å². The van der Waals surface area contributed by atoms with Gasteiger partial charge in [0.15, 0.2) is 11.5 Å². The predicted octanol–water partition coefficient (Wildman–Crippen LogP) is 3.52. The number of halogens is 1. The second kappa shape index (κ2) is 6.90. The van der Waals surface area contributed by atoms with Crippen LogP contribution in [-0.4, -0.2) is 23.4 Å². The third-order valence-electron chi connectivity index (χ3n) is 2.76. The molecule has 2 aromatic rings. The summed E-state index contributed by atoms with van der Waals surface area (Å²) >= 11 is 3.31. The molecule has 0 bridgehead atoms. The molecule has 2 rings (SSSR count). The molecule has 7 nitrogen and oxygen atoms in total. The molecule has 0 radical (unpaired) electrons. The molecule has 0 saturated carbocycles. The van der Waals surface area contributed by atoms with Crippen LogP contribution in [0.3, 0.4) is 0 Å². The molecular formula is C14H12BrN3O4. The lowest BCUT2D eigenvalue weighted by Gasteiger charge is -2.06. The molecule has 0 aliphatic carbocycles. The van der Waals surface area contributed by atoms with Gasteiger partial charge in [0.25, 0.3) is 5.69 Å². The van der Waals surface area contributed by atoms with Crippen molar-refractivity contribution in [2.75, 3.05) is 12.5 Å². The molecule has 0 unspecified atom stereocenters. The third kappa shape index (κ3) is 3.73. The standard InChI is InChI=1S/C14H12BrN3O4/c1-22-13-7-10(15)6-9(14(13)19)8-16-17-11-2-4-12(5-3-11)18(20)21/h2-8,17,19H,1H3. The molecule has 114 valence electrons. The highest BCUT2D eigenvalue weighted by molar-refractivity contribution is 9.10. The van der Waals surface area contributed by atoms with E-state index in [2.05, 4.69) is 26.5 Å². The number of rotatable bonds is 5. The molecule has 0 heterocycles. The number of non-ortho nitro benzene ring substituents is 1. The van der Waals surface area contributed by atoms with Crippen LogP contribution >= 0.6 is 15.9 Å². The number of hydrazone groups is 1. The van der Waals surface area contributed by atoms with E-state index in [0.717, 1.165) is 4.47 Å². The minimum absolute atomic E-state index is 0.00361. The first-order valence-corrected chi connectivity index (χ1v) is 6.90. The first kappa shape index (κ1) is 15.8. The molecular weight excluding hydrogens is 354 g/mol. The van der Waals surface area contributed by atoms with Crippen LogP contribution in [0.5, 0.6) is 11.5 Å². The maximum absolute atomic E-state index is 10.6. The van der Waals surface area contributed by atoms with Crippen molar-refractivity contribution in [3.8, 4) is 11.5 Å². The molecule has 0 aromatic heterocycles. The largest absolute Gasteiger partial charge is 0.504 e. The smallest absolute Gasteiger partial charge is 0.269 e. The lowest BCUT2D eigenvalue weighted by Crippen LogP contribution is -1.94. The molecule has 0 amide bonds. The van der Waals surface area contributed by atoms with Crippen molar-refractivity contribution in [1.82, 2.24) is 0 Å². The van der Waals surface area contributed by atoms with Crippen molar-refractivity contribution in [3.05, 3.63) is 56.5 Å². The Morgan fingerprint density at radius 2 is 2.05 bits per heavy atom. The van der Waals surface area contributed by atoms with E-state index in [-0.39, 0.29) is 11.4 Å². The van der Waals surface area contributed by atoms with Crippen LogP contribution in [0.1, 0.15) is 5.56 Å². The normalized spacial score (nSPS) is 10.6. The summed E-state index contributed by atoms with van der Waals surface area (Å²) in [6, 6.07) is 9.14. The molecule has 0 saturated heterocycles. The SMILES string of the molecule is COc1cc(Br)cc(C=NNc2ccc([N+](=O)[O-])cc2)c1O. The van der Waals surface area contributed by atoms with Crippen LogP contribution in [0, 0.1) is 10.1 Å². The van der Waals surface area contributed by atoms with Crippen LogP contribution in [0.2, 0.25) is 0 Å². The number of phenols is 1. The highest BCUT2D eigenvalue weighted by atomic mass is 79.9. The number of hydrogen-bond acceptors (Lipinski definition) is 6. The predicted molar refractivity (Wildman–Crippen MR) is 86.7 cm³/mol. The zero-order valence-corrected chi connectivity index (χ0v) is 13.1. The van der Waals surface area contributed by atoms with Gasteiger partial charge in [-0.05, 0) is 24.3 Å². The fourth-order valence-corrected chi connectivity index (χ4v) is 2.14. The van der Waals surface area contributed by atoms with Crippen LogP contribution in [0.4, 0.5) is 11.4 Å². The van der Waals surface area contributed by atoms with Gasteiger partial charge >= 0.3 is 0 Å². The summed E-state index contributed by atoms with van der Waals surface area (Å²) < 4.78 is 5.78. The zero-order valence-electron chi connectivity index (χ0n) is 11.5. The minimum atomic E-state index is -0.473. The van der Waals surface area contributed by atoms with E-state index in [9.17, 15) is 15.2 Å². The number of benzene rings is 2. The average molecular weight is 366 g/mol. The molecule has 0 spiro atoms. The van der Waals surface area contributed by atoms with Crippen LogP contribution in [0.15, 0.2) is 46.0 Å².